The summed E-state index contributed by atoms with van der Waals surface area (Å²) in [5.74, 6) is 0. The molecule has 0 spiro atoms. The number of rotatable bonds is 1. The molecular formula is C12H23N3O2. The Morgan fingerprint density at radius 2 is 1.53 bits per heavy atom. The van der Waals surface area contributed by atoms with Crippen molar-refractivity contribution >= 4 is 0 Å². The first-order chi connectivity index (χ1) is 8.24. The number of hydrogen-bond acceptors (Lipinski definition) is 5. The third-order valence-corrected chi connectivity index (χ3v) is 4.46. The first kappa shape index (κ1) is 11.9. The number of hydrogen-bond donors (Lipinski definition) is 4. The standard InChI is InChI=1S/C12H23N3O2/c16-8-5-6-12(17)11(7-8)15-13-9-3-1-2-4-10(9)14-15/h8-14,16-17H,1-7H2. The van der Waals surface area contributed by atoms with E-state index < -0.39 is 0 Å². The van der Waals surface area contributed by atoms with Crippen molar-refractivity contribution in [2.24, 2.45) is 0 Å². The van der Waals surface area contributed by atoms with Gasteiger partial charge >= 0.3 is 0 Å². The first-order valence-electron chi connectivity index (χ1n) is 6.92. The van der Waals surface area contributed by atoms with Gasteiger partial charge in [0.25, 0.3) is 0 Å². The van der Waals surface area contributed by atoms with Gasteiger partial charge in [0.05, 0.1) is 18.2 Å². The Hall–Kier alpha value is -0.200. The molecule has 17 heavy (non-hydrogen) atoms. The summed E-state index contributed by atoms with van der Waals surface area (Å²) in [6.45, 7) is 0. The summed E-state index contributed by atoms with van der Waals surface area (Å²) >= 11 is 0. The molecule has 2 aliphatic carbocycles. The average molecular weight is 241 g/mol. The van der Waals surface area contributed by atoms with Gasteiger partial charge in [-0.05, 0) is 32.1 Å². The quantitative estimate of drug-likeness (QED) is 0.516. The molecule has 0 radical (unpaired) electrons. The monoisotopic (exact) mass is 241 g/mol. The normalized spacial score (nSPS) is 48.0. The number of hydrazine groups is 2. The second-order valence-electron chi connectivity index (χ2n) is 5.73. The Morgan fingerprint density at radius 1 is 0.882 bits per heavy atom. The molecule has 4 N–H and O–H groups in total. The third kappa shape index (κ3) is 2.35. The van der Waals surface area contributed by atoms with Crippen LogP contribution in [0, 0.1) is 0 Å². The summed E-state index contributed by atoms with van der Waals surface area (Å²) in [5, 5.41) is 21.8. The van der Waals surface area contributed by atoms with Gasteiger partial charge in [0, 0.05) is 12.1 Å². The van der Waals surface area contributed by atoms with Crippen LogP contribution in [0.25, 0.3) is 0 Å². The molecule has 1 heterocycles. The van der Waals surface area contributed by atoms with Crippen LogP contribution >= 0.6 is 0 Å². The lowest BCUT2D eigenvalue weighted by molar-refractivity contribution is -0.0536. The van der Waals surface area contributed by atoms with E-state index in [1.807, 2.05) is 5.12 Å². The lowest BCUT2D eigenvalue weighted by Crippen LogP contribution is -2.56. The van der Waals surface area contributed by atoms with Crippen LogP contribution in [0.3, 0.4) is 0 Å². The highest BCUT2D eigenvalue weighted by Gasteiger charge is 2.41. The molecule has 0 aromatic rings. The molecule has 0 amide bonds. The minimum absolute atomic E-state index is 0.00403. The van der Waals surface area contributed by atoms with E-state index in [4.69, 9.17) is 0 Å². The zero-order chi connectivity index (χ0) is 11.8. The van der Waals surface area contributed by atoms with Crippen LogP contribution in [0.2, 0.25) is 0 Å². The Bertz CT molecular complexity index is 262. The number of nitrogens with zero attached hydrogens (tertiary/aromatic N) is 1. The zero-order valence-corrected chi connectivity index (χ0v) is 10.2. The Balaban J connectivity index is 1.64. The maximum Gasteiger partial charge on any atom is 0.0726 e. The SMILES string of the molecule is OC1CCC(O)C(N2NC3CCCCC3N2)C1. The molecule has 5 nitrogen and oxygen atoms in total. The Labute approximate surface area is 102 Å². The van der Waals surface area contributed by atoms with Crippen molar-refractivity contribution in [2.45, 2.75) is 75.3 Å². The average Bonchev–Trinajstić information content (AvgIpc) is 2.75. The van der Waals surface area contributed by atoms with Crippen LogP contribution < -0.4 is 10.9 Å². The van der Waals surface area contributed by atoms with E-state index in [9.17, 15) is 10.2 Å². The maximum atomic E-state index is 10.0. The highest BCUT2D eigenvalue weighted by atomic mass is 16.3. The van der Waals surface area contributed by atoms with Crippen molar-refractivity contribution in [2.75, 3.05) is 0 Å². The minimum atomic E-state index is -0.335. The van der Waals surface area contributed by atoms with Crippen molar-refractivity contribution in [1.29, 1.82) is 0 Å². The molecule has 0 aromatic carbocycles. The zero-order valence-electron chi connectivity index (χ0n) is 10.2. The molecular weight excluding hydrogens is 218 g/mol. The Morgan fingerprint density at radius 3 is 2.18 bits per heavy atom. The third-order valence-electron chi connectivity index (χ3n) is 4.46. The van der Waals surface area contributed by atoms with Gasteiger partial charge in [0.1, 0.15) is 0 Å². The maximum absolute atomic E-state index is 10.0. The number of aliphatic hydroxyl groups is 2. The molecule has 3 rings (SSSR count). The van der Waals surface area contributed by atoms with Gasteiger partial charge in [-0.25, -0.2) is 10.9 Å². The highest BCUT2D eigenvalue weighted by Crippen LogP contribution is 2.28. The van der Waals surface area contributed by atoms with E-state index in [-0.39, 0.29) is 18.2 Å². The van der Waals surface area contributed by atoms with Crippen LogP contribution in [0.1, 0.15) is 44.9 Å². The molecule has 1 aliphatic heterocycles. The number of nitrogens with one attached hydrogen (secondary N) is 2. The van der Waals surface area contributed by atoms with Crippen LogP contribution in [0.15, 0.2) is 0 Å². The smallest absolute Gasteiger partial charge is 0.0726 e. The topological polar surface area (TPSA) is 67.8 Å². The van der Waals surface area contributed by atoms with Crippen LogP contribution in [0.4, 0.5) is 0 Å². The van der Waals surface area contributed by atoms with Crippen molar-refractivity contribution < 1.29 is 10.2 Å². The van der Waals surface area contributed by atoms with Gasteiger partial charge in [-0.2, -0.15) is 5.12 Å². The van der Waals surface area contributed by atoms with E-state index in [0.29, 0.717) is 24.9 Å². The van der Waals surface area contributed by atoms with E-state index in [0.717, 1.165) is 6.42 Å². The van der Waals surface area contributed by atoms with E-state index in [2.05, 4.69) is 10.9 Å². The molecule has 0 bridgehead atoms. The summed E-state index contributed by atoms with van der Waals surface area (Å²) in [7, 11) is 0. The molecule has 5 heteroatoms. The van der Waals surface area contributed by atoms with Crippen molar-refractivity contribution in [3.63, 3.8) is 0 Å². The molecule has 98 valence electrons. The van der Waals surface area contributed by atoms with Gasteiger partial charge in [-0.3, -0.25) is 0 Å². The van der Waals surface area contributed by atoms with Gasteiger partial charge in [0.15, 0.2) is 0 Å². The van der Waals surface area contributed by atoms with E-state index in [1.165, 1.54) is 25.7 Å². The second-order valence-corrected chi connectivity index (χ2v) is 5.73. The molecule has 5 atom stereocenters. The fourth-order valence-corrected chi connectivity index (χ4v) is 3.41. The van der Waals surface area contributed by atoms with Crippen LogP contribution in [-0.4, -0.2) is 45.7 Å². The van der Waals surface area contributed by atoms with Crippen molar-refractivity contribution in [3.8, 4) is 0 Å². The summed E-state index contributed by atoms with van der Waals surface area (Å²) in [6, 6.07) is 1.02. The summed E-state index contributed by atoms with van der Waals surface area (Å²) in [6.07, 6.45) is 6.46. The molecule has 0 aromatic heterocycles. The largest absolute Gasteiger partial charge is 0.393 e. The lowest BCUT2D eigenvalue weighted by atomic mass is 9.90. The molecule has 3 aliphatic rings. The lowest BCUT2D eigenvalue weighted by Gasteiger charge is -2.36. The Kier molecular flexibility index (Phi) is 3.36. The van der Waals surface area contributed by atoms with E-state index >= 15 is 0 Å². The van der Waals surface area contributed by atoms with Gasteiger partial charge in [-0.1, -0.05) is 12.8 Å². The molecule has 3 fully saturated rings. The molecule has 2 saturated carbocycles. The van der Waals surface area contributed by atoms with Crippen LogP contribution in [0.5, 0.6) is 0 Å². The van der Waals surface area contributed by atoms with Gasteiger partial charge in [0.2, 0.25) is 0 Å². The summed E-state index contributed by atoms with van der Waals surface area (Å²) < 4.78 is 0. The van der Waals surface area contributed by atoms with E-state index in [1.54, 1.807) is 0 Å². The molecule has 1 saturated heterocycles. The predicted octanol–water partition coefficient (Wildman–Crippen LogP) is -0.103. The second kappa shape index (κ2) is 4.82. The first-order valence-corrected chi connectivity index (χ1v) is 6.92. The predicted molar refractivity (Wildman–Crippen MR) is 63.8 cm³/mol. The summed E-state index contributed by atoms with van der Waals surface area (Å²) in [5.41, 5.74) is 6.93. The minimum Gasteiger partial charge on any atom is -0.393 e. The number of fused-ring (bicyclic) bond motifs is 1. The molecule has 5 unspecified atom stereocenters. The fraction of sp³-hybridized carbons (Fsp3) is 1.00. The number of aliphatic hydroxyl groups excluding tert-OH is 2. The van der Waals surface area contributed by atoms with Crippen LogP contribution in [-0.2, 0) is 0 Å². The fourth-order valence-electron chi connectivity index (χ4n) is 3.41. The van der Waals surface area contributed by atoms with Crippen molar-refractivity contribution in [3.05, 3.63) is 0 Å². The van der Waals surface area contributed by atoms with Gasteiger partial charge in [-0.15, -0.1) is 0 Å². The highest BCUT2D eigenvalue weighted by molar-refractivity contribution is 4.93. The summed E-state index contributed by atoms with van der Waals surface area (Å²) in [4.78, 5) is 0. The van der Waals surface area contributed by atoms with Crippen molar-refractivity contribution in [1.82, 2.24) is 16.0 Å². The van der Waals surface area contributed by atoms with Gasteiger partial charge < -0.3 is 10.2 Å².